The van der Waals surface area contributed by atoms with Gasteiger partial charge in [0.15, 0.2) is 0 Å². The second kappa shape index (κ2) is 15.6. The molecule has 0 spiro atoms. The smallest absolute Gasteiger partial charge is 0.326 e. The molecule has 0 aliphatic rings. The summed E-state index contributed by atoms with van der Waals surface area (Å²) in [5, 5.41) is 25.2. The van der Waals surface area contributed by atoms with Gasteiger partial charge in [-0.3, -0.25) is 24.0 Å². The lowest BCUT2D eigenvalue weighted by atomic mass is 10.0. The maximum absolute atomic E-state index is 12.8. The van der Waals surface area contributed by atoms with Crippen molar-refractivity contribution in [3.63, 3.8) is 0 Å². The zero-order chi connectivity index (χ0) is 26.4. The molecule has 0 rings (SSSR count). The Bertz CT molecular complexity index is 745. The Labute approximate surface area is 197 Å². The van der Waals surface area contributed by atoms with E-state index in [1.165, 1.54) is 0 Å². The number of hydrogen-bond donors (Lipinski definition) is 8. The molecule has 34 heavy (non-hydrogen) atoms. The minimum Gasteiger partial charge on any atom is -0.481 e. The van der Waals surface area contributed by atoms with Gasteiger partial charge in [-0.2, -0.15) is 0 Å². The highest BCUT2D eigenvalue weighted by Gasteiger charge is 2.32. The third-order valence-electron chi connectivity index (χ3n) is 4.85. The summed E-state index contributed by atoms with van der Waals surface area (Å²) in [4.78, 5) is 71.2. The van der Waals surface area contributed by atoms with Crippen molar-refractivity contribution in [1.82, 2.24) is 16.0 Å². The Kier molecular flexibility index (Phi) is 14.1. The zero-order valence-corrected chi connectivity index (χ0v) is 19.4. The molecular formula is C20H36N6O8. The molecule has 4 atom stereocenters. The van der Waals surface area contributed by atoms with Crippen molar-refractivity contribution in [1.29, 1.82) is 0 Å². The number of aliphatic carboxylic acids is 2. The van der Waals surface area contributed by atoms with Crippen molar-refractivity contribution >= 4 is 35.6 Å². The molecule has 11 N–H and O–H groups in total. The Balaban J connectivity index is 5.47. The molecule has 0 saturated heterocycles. The molecule has 0 bridgehead atoms. The predicted molar refractivity (Wildman–Crippen MR) is 120 cm³/mol. The standard InChI is InChI=1S/C20H36N6O8/c1-10(2)16(26-17(30)11(22)9-15(28)29)19(32)24-12(6-7-14(23)27)18(31)25-13(20(33)34)5-3-4-8-21/h10-13,16H,3-9,21-22H2,1-2H3,(H2,23,27)(H,24,32)(H,25,31)(H,26,30)(H,28,29)(H,33,34). The number of rotatable bonds is 17. The highest BCUT2D eigenvalue weighted by atomic mass is 16.4. The van der Waals surface area contributed by atoms with E-state index in [-0.39, 0.29) is 19.3 Å². The van der Waals surface area contributed by atoms with E-state index >= 15 is 0 Å². The molecule has 0 aromatic heterocycles. The van der Waals surface area contributed by atoms with Crippen LogP contribution in [0.15, 0.2) is 0 Å². The van der Waals surface area contributed by atoms with Crippen LogP contribution in [-0.4, -0.2) is 76.5 Å². The summed E-state index contributed by atoms with van der Waals surface area (Å²) in [6, 6.07) is -5.13. The minimum absolute atomic E-state index is 0.112. The van der Waals surface area contributed by atoms with Crippen molar-refractivity contribution in [3.05, 3.63) is 0 Å². The lowest BCUT2D eigenvalue weighted by Gasteiger charge is -2.26. The fraction of sp³-hybridized carbons (Fsp3) is 0.700. The summed E-state index contributed by atoms with van der Waals surface area (Å²) < 4.78 is 0. The molecule has 0 heterocycles. The number of nitrogens with one attached hydrogen (secondary N) is 3. The lowest BCUT2D eigenvalue weighted by Crippen LogP contribution is -2.58. The van der Waals surface area contributed by atoms with Crippen LogP contribution < -0.4 is 33.2 Å². The van der Waals surface area contributed by atoms with Gasteiger partial charge in [-0.15, -0.1) is 0 Å². The molecule has 0 aliphatic carbocycles. The average Bonchev–Trinajstić information content (AvgIpc) is 2.72. The van der Waals surface area contributed by atoms with E-state index in [2.05, 4.69) is 16.0 Å². The molecule has 0 aromatic rings. The topological polar surface area (TPSA) is 257 Å². The SMILES string of the molecule is CC(C)C(NC(=O)C(N)CC(=O)O)C(=O)NC(CCC(N)=O)C(=O)NC(CCCCN)C(=O)O. The van der Waals surface area contributed by atoms with Crippen LogP contribution in [-0.2, 0) is 28.8 Å². The molecule has 0 aliphatic heterocycles. The zero-order valence-electron chi connectivity index (χ0n) is 19.4. The summed E-state index contributed by atoms with van der Waals surface area (Å²) in [7, 11) is 0. The largest absolute Gasteiger partial charge is 0.481 e. The summed E-state index contributed by atoms with van der Waals surface area (Å²) in [6.07, 6.45) is -0.0142. The first-order valence-corrected chi connectivity index (χ1v) is 10.9. The third kappa shape index (κ3) is 12.1. The van der Waals surface area contributed by atoms with Gasteiger partial charge in [0.1, 0.15) is 18.1 Å². The van der Waals surface area contributed by atoms with Crippen molar-refractivity contribution in [2.24, 2.45) is 23.1 Å². The molecular weight excluding hydrogens is 452 g/mol. The number of carboxylic acids is 2. The van der Waals surface area contributed by atoms with E-state index < -0.39 is 72.1 Å². The monoisotopic (exact) mass is 488 g/mol. The van der Waals surface area contributed by atoms with Crippen LogP contribution in [0, 0.1) is 5.92 Å². The first-order chi connectivity index (χ1) is 15.8. The van der Waals surface area contributed by atoms with Crippen molar-refractivity contribution in [2.45, 2.75) is 76.5 Å². The maximum atomic E-state index is 12.8. The van der Waals surface area contributed by atoms with Gasteiger partial charge in [0.25, 0.3) is 0 Å². The number of carbonyl (C=O) groups excluding carboxylic acids is 4. The Morgan fingerprint density at radius 1 is 0.824 bits per heavy atom. The van der Waals surface area contributed by atoms with Crippen LogP contribution in [0.3, 0.4) is 0 Å². The molecule has 14 heteroatoms. The number of primary amides is 1. The van der Waals surface area contributed by atoms with Crippen molar-refractivity contribution in [2.75, 3.05) is 6.54 Å². The molecule has 0 saturated carbocycles. The van der Waals surface area contributed by atoms with Crippen LogP contribution >= 0.6 is 0 Å². The summed E-state index contributed by atoms with van der Waals surface area (Å²) in [5.74, 6) is -6.31. The van der Waals surface area contributed by atoms with Gasteiger partial charge in [0, 0.05) is 6.42 Å². The van der Waals surface area contributed by atoms with Gasteiger partial charge in [-0.1, -0.05) is 13.8 Å². The molecule has 4 unspecified atom stereocenters. The van der Waals surface area contributed by atoms with Crippen LogP contribution in [0.2, 0.25) is 0 Å². The molecule has 4 amide bonds. The van der Waals surface area contributed by atoms with Crippen molar-refractivity contribution in [3.8, 4) is 0 Å². The first-order valence-electron chi connectivity index (χ1n) is 10.9. The van der Waals surface area contributed by atoms with Crippen molar-refractivity contribution < 1.29 is 39.0 Å². The van der Waals surface area contributed by atoms with Crippen LogP contribution in [0.4, 0.5) is 0 Å². The fourth-order valence-electron chi connectivity index (χ4n) is 2.92. The molecule has 0 fully saturated rings. The Morgan fingerprint density at radius 3 is 1.88 bits per heavy atom. The normalized spacial score (nSPS) is 14.4. The average molecular weight is 489 g/mol. The van der Waals surface area contributed by atoms with Gasteiger partial charge in [0.2, 0.25) is 23.6 Å². The Hall–Kier alpha value is -3.26. The van der Waals surface area contributed by atoms with E-state index in [4.69, 9.17) is 22.3 Å². The number of unbranched alkanes of at least 4 members (excludes halogenated alkanes) is 1. The number of hydrogen-bond acceptors (Lipinski definition) is 8. The maximum Gasteiger partial charge on any atom is 0.326 e. The second-order valence-corrected chi connectivity index (χ2v) is 8.18. The molecule has 194 valence electrons. The fourth-order valence-corrected chi connectivity index (χ4v) is 2.92. The number of nitrogens with two attached hydrogens (primary N) is 3. The van der Waals surface area contributed by atoms with E-state index in [1.807, 2.05) is 0 Å². The van der Waals surface area contributed by atoms with Gasteiger partial charge < -0.3 is 43.4 Å². The quantitative estimate of drug-likeness (QED) is 0.0988. The van der Waals surface area contributed by atoms with E-state index in [9.17, 15) is 33.9 Å². The molecule has 14 nitrogen and oxygen atoms in total. The highest BCUT2D eigenvalue weighted by Crippen LogP contribution is 2.07. The summed E-state index contributed by atoms with van der Waals surface area (Å²) in [6.45, 7) is 3.56. The van der Waals surface area contributed by atoms with E-state index in [1.54, 1.807) is 13.8 Å². The van der Waals surface area contributed by atoms with Gasteiger partial charge in [-0.25, -0.2) is 4.79 Å². The number of carbonyl (C=O) groups is 6. The molecule has 0 radical (unpaired) electrons. The lowest BCUT2D eigenvalue weighted by molar-refractivity contribution is -0.142. The van der Waals surface area contributed by atoms with E-state index in [0.717, 1.165) is 0 Å². The van der Waals surface area contributed by atoms with Crippen LogP contribution in [0.25, 0.3) is 0 Å². The summed E-state index contributed by atoms with van der Waals surface area (Å²) in [5.41, 5.74) is 16.1. The number of amides is 4. The van der Waals surface area contributed by atoms with Gasteiger partial charge >= 0.3 is 11.9 Å². The Morgan fingerprint density at radius 2 is 1.41 bits per heavy atom. The second-order valence-electron chi connectivity index (χ2n) is 8.18. The van der Waals surface area contributed by atoms with Crippen LogP contribution in [0.5, 0.6) is 0 Å². The third-order valence-corrected chi connectivity index (χ3v) is 4.85. The van der Waals surface area contributed by atoms with Gasteiger partial charge in [-0.05, 0) is 38.1 Å². The molecule has 0 aromatic carbocycles. The first kappa shape index (κ1) is 30.7. The summed E-state index contributed by atoms with van der Waals surface area (Å²) >= 11 is 0. The van der Waals surface area contributed by atoms with Crippen LogP contribution in [0.1, 0.15) is 52.4 Å². The minimum atomic E-state index is -1.40. The van der Waals surface area contributed by atoms with E-state index in [0.29, 0.717) is 19.4 Å². The predicted octanol–water partition coefficient (Wildman–Crippen LogP) is -2.62. The highest BCUT2D eigenvalue weighted by molar-refractivity contribution is 5.95. The van der Waals surface area contributed by atoms with Gasteiger partial charge in [0.05, 0.1) is 12.5 Å². The number of carboxylic acid groups (broad SMARTS) is 2.